The number of nitrogens with two attached hydrogens (primary N) is 1. The number of amides is 1. The van der Waals surface area contributed by atoms with Gasteiger partial charge in [-0.05, 0) is 51.4 Å². The van der Waals surface area contributed by atoms with Gasteiger partial charge in [0, 0.05) is 11.8 Å². The van der Waals surface area contributed by atoms with E-state index >= 15 is 0 Å². The Morgan fingerprint density at radius 1 is 1.48 bits per heavy atom. The second kappa shape index (κ2) is 10.1. The van der Waals surface area contributed by atoms with Crippen LogP contribution in [-0.2, 0) is 14.8 Å². The lowest BCUT2D eigenvalue weighted by atomic mass is 10.3. The largest absolute Gasteiger partial charge is 0.352 e. The highest BCUT2D eigenvalue weighted by Gasteiger charge is 2.19. The number of rotatable bonds is 8. The molecule has 0 aliphatic rings. The Kier molecular flexibility index (Phi) is 8.09. The van der Waals surface area contributed by atoms with E-state index in [1.807, 2.05) is 5.48 Å². The van der Waals surface area contributed by atoms with Gasteiger partial charge in [0.2, 0.25) is 15.9 Å². The Hall–Kier alpha value is -2.07. The first-order chi connectivity index (χ1) is 13.6. The molecule has 2 rings (SSSR count). The summed E-state index contributed by atoms with van der Waals surface area (Å²) in [5, 5.41) is 24.3. The zero-order valence-corrected chi connectivity index (χ0v) is 18.0. The van der Waals surface area contributed by atoms with Gasteiger partial charge in [-0.3, -0.25) is 15.5 Å². The molecule has 1 atom stereocenters. The number of carbonyl (C=O) groups excluding carboxylic acids is 1. The van der Waals surface area contributed by atoms with E-state index in [0.29, 0.717) is 5.69 Å². The number of thioether (sulfide) groups is 1. The summed E-state index contributed by atoms with van der Waals surface area (Å²) in [6.45, 7) is 1.65. The van der Waals surface area contributed by atoms with E-state index in [-0.39, 0.29) is 26.8 Å². The van der Waals surface area contributed by atoms with Crippen molar-refractivity contribution in [3.8, 4) is 0 Å². The van der Waals surface area contributed by atoms with Crippen LogP contribution in [0.2, 0.25) is 0 Å². The molecule has 29 heavy (non-hydrogen) atoms. The van der Waals surface area contributed by atoms with Crippen molar-refractivity contribution in [1.82, 2.24) is 21.1 Å². The van der Waals surface area contributed by atoms with E-state index in [1.165, 1.54) is 18.2 Å². The van der Waals surface area contributed by atoms with Crippen LogP contribution < -0.4 is 15.9 Å². The standard InChI is InChI=1S/C14H16BrFN6O5S2/c1-7(18-11(23)6-29(17,25)26)5-28-14-12(21-27-22-14)13(20-24)19-8-2-3-10(16)9(15)4-8/h2-4,7,24H,5-6H2,1H3,(H,18,23)(H,19,20)(H2,17,25,26)/t7-/m0/s1. The molecule has 15 heteroatoms. The summed E-state index contributed by atoms with van der Waals surface area (Å²) in [4.78, 5) is 15.7. The fourth-order valence-corrected chi connectivity index (χ4v) is 3.64. The maximum Gasteiger partial charge on any atom is 0.236 e. The number of hydrogen-bond acceptors (Lipinski definition) is 9. The molecule has 0 fully saturated rings. The molecule has 5 N–H and O–H groups in total. The van der Waals surface area contributed by atoms with Crippen LogP contribution in [0, 0.1) is 5.82 Å². The molecule has 0 unspecified atom stereocenters. The van der Waals surface area contributed by atoms with Crippen LogP contribution in [-0.4, -0.2) is 53.2 Å². The fourth-order valence-electron chi connectivity index (χ4n) is 1.98. The first-order valence-electron chi connectivity index (χ1n) is 7.78. The molecule has 0 radical (unpaired) electrons. The van der Waals surface area contributed by atoms with Crippen molar-refractivity contribution in [3.63, 3.8) is 0 Å². The number of carbonyl (C=O) groups is 1. The molecule has 0 aliphatic heterocycles. The first-order valence-corrected chi connectivity index (χ1v) is 11.3. The molecular formula is C14H16BrFN6O5S2. The Bertz CT molecular complexity index is 1020. The van der Waals surface area contributed by atoms with Crippen molar-refractivity contribution in [2.45, 2.75) is 18.0 Å². The van der Waals surface area contributed by atoms with E-state index in [4.69, 9.17) is 5.14 Å². The second-order valence-electron chi connectivity index (χ2n) is 5.68. The topological polar surface area (TPSA) is 173 Å². The SMILES string of the molecule is C[C@@H](CSc1nonc1C(=Nc1ccc(F)c(Br)c1)NO)NC(=O)CS(N)(=O)=O. The second-order valence-corrected chi connectivity index (χ2v) is 9.15. The average molecular weight is 511 g/mol. The summed E-state index contributed by atoms with van der Waals surface area (Å²) in [5.41, 5.74) is 2.29. The van der Waals surface area contributed by atoms with Crippen molar-refractivity contribution < 1.29 is 27.4 Å². The Balaban J connectivity index is 2.08. The number of aliphatic imine (C=N–C) groups is 1. The number of sulfonamides is 1. The number of primary sulfonamides is 1. The van der Waals surface area contributed by atoms with Crippen LogP contribution in [0.1, 0.15) is 12.6 Å². The summed E-state index contributed by atoms with van der Waals surface area (Å²) in [6.07, 6.45) is 0. The molecule has 1 aromatic heterocycles. The number of aromatic nitrogens is 2. The number of hydrogen-bond donors (Lipinski definition) is 4. The third-order valence-electron chi connectivity index (χ3n) is 3.14. The van der Waals surface area contributed by atoms with Gasteiger partial charge < -0.3 is 5.32 Å². The van der Waals surface area contributed by atoms with Crippen LogP contribution >= 0.6 is 27.7 Å². The maximum absolute atomic E-state index is 13.3. The monoisotopic (exact) mass is 510 g/mol. The number of nitrogens with one attached hydrogen (secondary N) is 2. The Morgan fingerprint density at radius 2 is 2.21 bits per heavy atom. The zero-order chi connectivity index (χ0) is 21.6. The smallest absolute Gasteiger partial charge is 0.236 e. The molecule has 1 amide bonds. The van der Waals surface area contributed by atoms with Gasteiger partial charge in [0.1, 0.15) is 11.6 Å². The summed E-state index contributed by atoms with van der Waals surface area (Å²) < 4.78 is 40.1. The number of hydroxylamine groups is 1. The normalized spacial score (nSPS) is 13.2. The van der Waals surface area contributed by atoms with E-state index in [0.717, 1.165) is 11.8 Å². The lowest BCUT2D eigenvalue weighted by molar-refractivity contribution is -0.119. The van der Waals surface area contributed by atoms with E-state index < -0.39 is 33.5 Å². The van der Waals surface area contributed by atoms with Crippen LogP contribution in [0.25, 0.3) is 0 Å². The highest BCUT2D eigenvalue weighted by atomic mass is 79.9. The third kappa shape index (κ3) is 7.36. The predicted molar refractivity (Wildman–Crippen MR) is 106 cm³/mol. The maximum atomic E-state index is 13.3. The van der Waals surface area contributed by atoms with Gasteiger partial charge >= 0.3 is 0 Å². The predicted octanol–water partition coefficient (Wildman–Crippen LogP) is 0.914. The lowest BCUT2D eigenvalue weighted by Gasteiger charge is -2.12. The van der Waals surface area contributed by atoms with E-state index in [2.05, 4.69) is 41.2 Å². The molecule has 158 valence electrons. The number of halogens is 2. The van der Waals surface area contributed by atoms with Gasteiger partial charge in [0.05, 0.1) is 10.2 Å². The zero-order valence-electron chi connectivity index (χ0n) is 14.8. The minimum absolute atomic E-state index is 0.0843. The summed E-state index contributed by atoms with van der Waals surface area (Å²) in [7, 11) is -3.92. The highest BCUT2D eigenvalue weighted by molar-refractivity contribution is 9.10. The van der Waals surface area contributed by atoms with Gasteiger partial charge in [-0.1, -0.05) is 11.8 Å². The van der Waals surface area contributed by atoms with Gasteiger partial charge in [-0.15, -0.1) is 0 Å². The van der Waals surface area contributed by atoms with Gasteiger partial charge in [-0.2, -0.15) is 0 Å². The average Bonchev–Trinajstić information content (AvgIpc) is 3.07. The van der Waals surface area contributed by atoms with E-state index in [1.54, 1.807) is 6.92 Å². The van der Waals surface area contributed by atoms with Crippen molar-refractivity contribution in [3.05, 3.63) is 34.2 Å². The minimum Gasteiger partial charge on any atom is -0.352 e. The summed E-state index contributed by atoms with van der Waals surface area (Å²) >= 11 is 4.16. The van der Waals surface area contributed by atoms with Crippen molar-refractivity contribution in [2.24, 2.45) is 10.1 Å². The number of benzene rings is 1. The molecular weight excluding hydrogens is 495 g/mol. The summed E-state index contributed by atoms with van der Waals surface area (Å²) in [6, 6.07) is 3.55. The molecule has 0 bridgehead atoms. The molecule has 0 aliphatic carbocycles. The van der Waals surface area contributed by atoms with Gasteiger partial charge in [-0.25, -0.2) is 27.6 Å². The van der Waals surface area contributed by atoms with Gasteiger partial charge in [0.15, 0.2) is 16.6 Å². The first kappa shape index (κ1) is 23.2. The van der Waals surface area contributed by atoms with Crippen molar-refractivity contribution in [2.75, 3.05) is 11.5 Å². The molecule has 0 saturated carbocycles. The lowest BCUT2D eigenvalue weighted by Crippen LogP contribution is -2.39. The highest BCUT2D eigenvalue weighted by Crippen LogP contribution is 2.24. The molecule has 2 aromatic rings. The summed E-state index contributed by atoms with van der Waals surface area (Å²) in [5.74, 6) is -1.85. The van der Waals surface area contributed by atoms with Crippen LogP contribution in [0.15, 0.2) is 37.3 Å². The molecule has 1 heterocycles. The van der Waals surface area contributed by atoms with Crippen LogP contribution in [0.4, 0.5) is 10.1 Å². The Labute approximate surface area is 177 Å². The van der Waals surface area contributed by atoms with Crippen molar-refractivity contribution >= 4 is 55.1 Å². The number of nitrogens with zero attached hydrogens (tertiary/aromatic N) is 3. The molecule has 0 saturated heterocycles. The van der Waals surface area contributed by atoms with Crippen LogP contribution in [0.3, 0.4) is 0 Å². The van der Waals surface area contributed by atoms with E-state index in [9.17, 15) is 22.8 Å². The molecule has 0 spiro atoms. The quantitative estimate of drug-likeness (QED) is 0.174. The van der Waals surface area contributed by atoms with Gasteiger partial charge in [0.25, 0.3) is 0 Å². The fraction of sp³-hybridized carbons (Fsp3) is 0.286. The molecule has 11 nitrogen and oxygen atoms in total. The van der Waals surface area contributed by atoms with Crippen molar-refractivity contribution in [1.29, 1.82) is 0 Å². The van der Waals surface area contributed by atoms with Crippen LogP contribution in [0.5, 0.6) is 0 Å². The third-order valence-corrected chi connectivity index (χ3v) is 5.62. The minimum atomic E-state index is -3.92. The molecule has 1 aromatic carbocycles. The number of amidine groups is 1. The Morgan fingerprint density at radius 3 is 2.83 bits per heavy atom.